The maximum atomic E-state index is 5.88. The van der Waals surface area contributed by atoms with E-state index in [9.17, 15) is 0 Å². The van der Waals surface area contributed by atoms with Crippen molar-refractivity contribution in [1.29, 1.82) is 0 Å². The van der Waals surface area contributed by atoms with Crippen molar-refractivity contribution in [2.24, 2.45) is 5.92 Å². The van der Waals surface area contributed by atoms with E-state index in [1.807, 2.05) is 13.0 Å². The molecule has 94 valence electrons. The minimum atomic E-state index is 0.630. The van der Waals surface area contributed by atoms with Gasteiger partial charge in [0.2, 0.25) is 5.88 Å². The highest BCUT2D eigenvalue weighted by atomic mass is 35.5. The summed E-state index contributed by atoms with van der Waals surface area (Å²) in [7, 11) is 0. The first kappa shape index (κ1) is 12.4. The third-order valence-electron chi connectivity index (χ3n) is 3.08. The van der Waals surface area contributed by atoms with Crippen LogP contribution in [0.25, 0.3) is 0 Å². The summed E-state index contributed by atoms with van der Waals surface area (Å²) in [6.45, 7) is 4.61. The van der Waals surface area contributed by atoms with E-state index in [-0.39, 0.29) is 0 Å². The number of anilines is 1. The molecule has 1 aromatic rings. The van der Waals surface area contributed by atoms with Crippen molar-refractivity contribution in [1.82, 2.24) is 9.97 Å². The average Bonchev–Trinajstić information content (AvgIpc) is 2.40. The highest BCUT2D eigenvalue weighted by molar-refractivity contribution is 6.18. The molecule has 0 saturated carbocycles. The van der Waals surface area contributed by atoms with Crippen molar-refractivity contribution in [3.8, 4) is 5.88 Å². The second-order valence-corrected chi connectivity index (χ2v) is 4.54. The predicted octanol–water partition coefficient (Wildman–Crippen LogP) is 2.33. The largest absolute Gasteiger partial charge is 0.478 e. The summed E-state index contributed by atoms with van der Waals surface area (Å²) >= 11 is 5.88. The van der Waals surface area contributed by atoms with Gasteiger partial charge in [0.05, 0.1) is 6.61 Å². The fraction of sp³-hybridized carbons (Fsp3) is 0.667. The van der Waals surface area contributed by atoms with E-state index in [4.69, 9.17) is 16.3 Å². The normalized spacial score (nSPS) is 17.2. The molecule has 17 heavy (non-hydrogen) atoms. The Labute approximate surface area is 107 Å². The summed E-state index contributed by atoms with van der Waals surface area (Å²) in [6.07, 6.45) is 3.84. The van der Waals surface area contributed by atoms with E-state index in [0.717, 1.165) is 37.6 Å². The summed E-state index contributed by atoms with van der Waals surface area (Å²) in [5, 5.41) is 0. The molecule has 1 aromatic heterocycles. The van der Waals surface area contributed by atoms with Crippen LogP contribution in [0, 0.1) is 5.92 Å². The first-order chi connectivity index (χ1) is 8.33. The van der Waals surface area contributed by atoms with E-state index in [0.29, 0.717) is 18.4 Å². The lowest BCUT2D eigenvalue weighted by Gasteiger charge is -2.31. The summed E-state index contributed by atoms with van der Waals surface area (Å²) < 4.78 is 5.38. The average molecular weight is 256 g/mol. The van der Waals surface area contributed by atoms with Crippen LogP contribution in [0.5, 0.6) is 5.88 Å². The van der Waals surface area contributed by atoms with Crippen LogP contribution < -0.4 is 9.64 Å². The van der Waals surface area contributed by atoms with E-state index in [1.165, 1.54) is 0 Å². The molecule has 4 nitrogen and oxygen atoms in total. The molecule has 1 aliphatic heterocycles. The summed E-state index contributed by atoms with van der Waals surface area (Å²) in [5.74, 6) is 3.02. The molecule has 2 heterocycles. The molecule has 5 heteroatoms. The molecule has 0 N–H and O–H groups in total. The van der Waals surface area contributed by atoms with Crippen molar-refractivity contribution < 1.29 is 4.74 Å². The second kappa shape index (κ2) is 6.05. The summed E-state index contributed by atoms with van der Waals surface area (Å²) in [5.41, 5.74) is 0. The van der Waals surface area contributed by atoms with Crippen LogP contribution in [0.15, 0.2) is 12.4 Å². The number of hydrogen-bond donors (Lipinski definition) is 0. The van der Waals surface area contributed by atoms with Gasteiger partial charge in [0.25, 0.3) is 0 Å². The second-order valence-electron chi connectivity index (χ2n) is 4.23. The van der Waals surface area contributed by atoms with E-state index in [1.54, 1.807) is 6.33 Å². The third kappa shape index (κ3) is 3.22. The molecule has 0 radical (unpaired) electrons. The molecular formula is C12H18ClN3O. The highest BCUT2D eigenvalue weighted by Gasteiger charge is 2.19. The maximum Gasteiger partial charge on any atom is 0.218 e. The zero-order valence-electron chi connectivity index (χ0n) is 10.1. The number of hydrogen-bond acceptors (Lipinski definition) is 4. The van der Waals surface area contributed by atoms with E-state index < -0.39 is 0 Å². The van der Waals surface area contributed by atoms with Gasteiger partial charge in [0.15, 0.2) is 0 Å². The fourth-order valence-electron chi connectivity index (χ4n) is 2.05. The Bertz CT molecular complexity index is 353. The van der Waals surface area contributed by atoms with Gasteiger partial charge in [-0.3, -0.25) is 0 Å². The van der Waals surface area contributed by atoms with Crippen molar-refractivity contribution in [2.45, 2.75) is 19.8 Å². The minimum Gasteiger partial charge on any atom is -0.478 e. The number of halogens is 1. The molecule has 1 aliphatic rings. The van der Waals surface area contributed by atoms with E-state index in [2.05, 4.69) is 14.9 Å². The van der Waals surface area contributed by atoms with Gasteiger partial charge < -0.3 is 9.64 Å². The van der Waals surface area contributed by atoms with Gasteiger partial charge in [-0.05, 0) is 25.7 Å². The third-order valence-corrected chi connectivity index (χ3v) is 3.51. The first-order valence-corrected chi connectivity index (χ1v) is 6.62. The Morgan fingerprint density at radius 1 is 1.41 bits per heavy atom. The fourth-order valence-corrected chi connectivity index (χ4v) is 2.35. The van der Waals surface area contributed by atoms with Gasteiger partial charge in [-0.2, -0.15) is 0 Å². The quantitative estimate of drug-likeness (QED) is 0.774. The van der Waals surface area contributed by atoms with Crippen LogP contribution in [0.2, 0.25) is 0 Å². The topological polar surface area (TPSA) is 38.2 Å². The molecule has 1 fully saturated rings. The number of nitrogens with zero attached hydrogens (tertiary/aromatic N) is 3. The lowest BCUT2D eigenvalue weighted by molar-refractivity contribution is 0.326. The van der Waals surface area contributed by atoms with Crippen LogP contribution in [-0.4, -0.2) is 35.5 Å². The number of aromatic nitrogens is 2. The minimum absolute atomic E-state index is 0.630. The zero-order valence-corrected chi connectivity index (χ0v) is 10.9. The van der Waals surface area contributed by atoms with Gasteiger partial charge in [0, 0.05) is 25.0 Å². The monoisotopic (exact) mass is 255 g/mol. The van der Waals surface area contributed by atoms with Crippen molar-refractivity contribution in [3.05, 3.63) is 12.4 Å². The number of alkyl halides is 1. The standard InChI is InChI=1S/C12H18ClN3O/c1-2-17-12-7-11(14-9-15-12)16-5-3-10(8-13)4-6-16/h7,9-10H,2-6,8H2,1H3. The SMILES string of the molecule is CCOc1cc(N2CCC(CCl)CC2)ncn1. The molecule has 0 aromatic carbocycles. The van der Waals surface area contributed by atoms with Crippen molar-refractivity contribution in [3.63, 3.8) is 0 Å². The smallest absolute Gasteiger partial charge is 0.218 e. The Balaban J connectivity index is 2.00. The van der Waals surface area contributed by atoms with Crippen LogP contribution >= 0.6 is 11.6 Å². The highest BCUT2D eigenvalue weighted by Crippen LogP contribution is 2.23. The molecule has 0 spiro atoms. The molecule has 0 aliphatic carbocycles. The predicted molar refractivity (Wildman–Crippen MR) is 68.9 cm³/mol. The molecular weight excluding hydrogens is 238 g/mol. The molecule has 2 rings (SSSR count). The summed E-state index contributed by atoms with van der Waals surface area (Å²) in [6, 6.07) is 1.91. The van der Waals surface area contributed by atoms with Gasteiger partial charge in [-0.25, -0.2) is 9.97 Å². The summed E-state index contributed by atoms with van der Waals surface area (Å²) in [4.78, 5) is 10.6. The van der Waals surface area contributed by atoms with Gasteiger partial charge in [-0.1, -0.05) is 0 Å². The Morgan fingerprint density at radius 2 is 2.18 bits per heavy atom. The van der Waals surface area contributed by atoms with Gasteiger partial charge in [0.1, 0.15) is 12.1 Å². The molecule has 1 saturated heterocycles. The molecule has 0 unspecified atom stereocenters. The van der Waals surface area contributed by atoms with Crippen molar-refractivity contribution >= 4 is 17.4 Å². The van der Waals surface area contributed by atoms with Gasteiger partial charge >= 0.3 is 0 Å². The molecule has 0 atom stereocenters. The van der Waals surface area contributed by atoms with Crippen LogP contribution in [-0.2, 0) is 0 Å². The van der Waals surface area contributed by atoms with Crippen molar-refractivity contribution in [2.75, 3.05) is 30.5 Å². The number of ether oxygens (including phenoxy) is 1. The van der Waals surface area contributed by atoms with E-state index >= 15 is 0 Å². The zero-order chi connectivity index (χ0) is 12.1. The van der Waals surface area contributed by atoms with Crippen LogP contribution in [0.3, 0.4) is 0 Å². The Hall–Kier alpha value is -1.03. The van der Waals surface area contributed by atoms with Gasteiger partial charge in [-0.15, -0.1) is 11.6 Å². The Morgan fingerprint density at radius 3 is 2.82 bits per heavy atom. The number of piperidine rings is 1. The maximum absolute atomic E-state index is 5.88. The van der Waals surface area contributed by atoms with Crippen LogP contribution in [0.1, 0.15) is 19.8 Å². The Kier molecular flexibility index (Phi) is 4.42. The molecule has 0 amide bonds. The lowest BCUT2D eigenvalue weighted by Crippen LogP contribution is -2.34. The molecule has 0 bridgehead atoms. The first-order valence-electron chi connectivity index (χ1n) is 6.09. The number of rotatable bonds is 4. The lowest BCUT2D eigenvalue weighted by atomic mass is 9.99. The van der Waals surface area contributed by atoms with Crippen LogP contribution in [0.4, 0.5) is 5.82 Å².